The number of aromatic nitrogens is 3. The van der Waals surface area contributed by atoms with Crippen LogP contribution in [0.4, 0.5) is 33.5 Å². The lowest BCUT2D eigenvalue weighted by Gasteiger charge is -2.26. The molecule has 0 saturated carbocycles. The van der Waals surface area contributed by atoms with Gasteiger partial charge in [-0.15, -0.1) is 13.2 Å². The van der Waals surface area contributed by atoms with Crippen LogP contribution in [0.1, 0.15) is 35.2 Å². The topological polar surface area (TPSA) is 104 Å². The first-order valence-electron chi connectivity index (χ1n) is 11.6. The number of pyridine rings is 1. The number of carbonyl (C=O) groups excluding carboxylic acids is 1. The molecule has 1 aromatic carbocycles. The molecule has 1 aliphatic heterocycles. The second-order valence-electron chi connectivity index (χ2n) is 9.16. The molecule has 1 atom stereocenters. The van der Waals surface area contributed by atoms with Crippen LogP contribution >= 0.6 is 0 Å². The monoisotopic (exact) mass is 556 g/mol. The SMILES string of the molecule is Cc1c(-c2cnn(C(F)(F)F)c2)cnc(N2CCCC(F)(F)CC2)c1C(=O)Nc1cccc(S(C)(=N)=O)c1. The van der Waals surface area contributed by atoms with Crippen molar-refractivity contribution in [2.75, 3.05) is 29.6 Å². The quantitative estimate of drug-likeness (QED) is 0.396. The number of rotatable bonds is 5. The molecule has 2 N–H and O–H groups in total. The van der Waals surface area contributed by atoms with E-state index in [0.717, 1.165) is 12.4 Å². The van der Waals surface area contributed by atoms with Crippen LogP contribution in [0.2, 0.25) is 0 Å². The molecule has 3 heterocycles. The standard InChI is InChI=1S/C24H25F5N6O2S/c1-15-19(16-12-32-35(14-16)24(27,28)29)13-31-21(34-9-4-7-23(25,26)8-10-34)20(15)22(36)33-17-5-3-6-18(11-17)38(2,30)37/h3,5-6,11-14,30H,4,7-10H2,1-2H3,(H,33,36). The van der Waals surface area contributed by atoms with Crippen LogP contribution in [0.5, 0.6) is 0 Å². The summed E-state index contributed by atoms with van der Waals surface area (Å²) >= 11 is 0. The van der Waals surface area contributed by atoms with Crippen molar-refractivity contribution in [3.8, 4) is 11.1 Å². The van der Waals surface area contributed by atoms with Crippen molar-refractivity contribution in [2.45, 2.75) is 43.3 Å². The highest BCUT2D eigenvalue weighted by Gasteiger charge is 2.35. The largest absolute Gasteiger partial charge is 0.504 e. The summed E-state index contributed by atoms with van der Waals surface area (Å²) in [5.41, 5.74) is 0.794. The number of nitrogens with one attached hydrogen (secondary N) is 2. The van der Waals surface area contributed by atoms with Crippen molar-refractivity contribution >= 4 is 27.1 Å². The average molecular weight is 557 g/mol. The van der Waals surface area contributed by atoms with E-state index >= 15 is 0 Å². The number of halogens is 5. The summed E-state index contributed by atoms with van der Waals surface area (Å²) in [5.74, 6) is -3.42. The van der Waals surface area contributed by atoms with Gasteiger partial charge in [0.1, 0.15) is 5.82 Å². The van der Waals surface area contributed by atoms with Gasteiger partial charge >= 0.3 is 6.30 Å². The lowest BCUT2D eigenvalue weighted by molar-refractivity contribution is -0.212. The van der Waals surface area contributed by atoms with E-state index in [1.165, 1.54) is 43.6 Å². The number of amides is 1. The van der Waals surface area contributed by atoms with Crippen LogP contribution in [-0.2, 0) is 16.0 Å². The van der Waals surface area contributed by atoms with E-state index in [1.54, 1.807) is 4.90 Å². The molecule has 2 aromatic heterocycles. The second-order valence-corrected chi connectivity index (χ2v) is 11.3. The Hall–Kier alpha value is -3.55. The van der Waals surface area contributed by atoms with Gasteiger partial charge in [-0.05, 0) is 37.1 Å². The Kier molecular flexibility index (Phi) is 7.21. The van der Waals surface area contributed by atoms with Crippen molar-refractivity contribution in [2.24, 2.45) is 0 Å². The molecule has 0 spiro atoms. The zero-order valence-corrected chi connectivity index (χ0v) is 21.3. The molecule has 1 saturated heterocycles. The molecular formula is C24H25F5N6O2S. The zero-order valence-electron chi connectivity index (χ0n) is 20.5. The highest BCUT2D eigenvalue weighted by molar-refractivity contribution is 7.91. The fraction of sp³-hybridized carbons (Fsp3) is 0.375. The maximum absolute atomic E-state index is 14.0. The molecule has 4 rings (SSSR count). The Morgan fingerprint density at radius 2 is 1.92 bits per heavy atom. The van der Waals surface area contributed by atoms with Crippen molar-refractivity contribution < 1.29 is 31.0 Å². The van der Waals surface area contributed by atoms with Crippen molar-refractivity contribution in [1.82, 2.24) is 14.8 Å². The first-order valence-corrected chi connectivity index (χ1v) is 13.5. The Labute approximate surface area is 215 Å². The van der Waals surface area contributed by atoms with Gasteiger partial charge < -0.3 is 10.2 Å². The van der Waals surface area contributed by atoms with Gasteiger partial charge in [0, 0.05) is 66.3 Å². The number of alkyl halides is 5. The van der Waals surface area contributed by atoms with Crippen LogP contribution in [-0.4, -0.2) is 50.1 Å². The fourth-order valence-electron chi connectivity index (χ4n) is 4.28. The van der Waals surface area contributed by atoms with Gasteiger partial charge in [-0.25, -0.2) is 22.8 Å². The second kappa shape index (κ2) is 9.97. The van der Waals surface area contributed by atoms with E-state index in [1.807, 2.05) is 0 Å². The van der Waals surface area contributed by atoms with E-state index in [9.17, 15) is 31.0 Å². The van der Waals surface area contributed by atoms with Crippen LogP contribution in [0.15, 0.2) is 47.8 Å². The van der Waals surface area contributed by atoms with Gasteiger partial charge in [0.05, 0.1) is 21.5 Å². The average Bonchev–Trinajstić information content (AvgIpc) is 3.24. The Morgan fingerprint density at radius 1 is 1.18 bits per heavy atom. The van der Waals surface area contributed by atoms with Crippen LogP contribution in [0, 0.1) is 11.7 Å². The third-order valence-electron chi connectivity index (χ3n) is 6.26. The molecule has 3 aromatic rings. The van der Waals surface area contributed by atoms with E-state index in [2.05, 4.69) is 15.4 Å². The lowest BCUT2D eigenvalue weighted by atomic mass is 9.99. The molecule has 1 fully saturated rings. The molecule has 1 aliphatic rings. The molecule has 38 heavy (non-hydrogen) atoms. The number of hydrogen-bond acceptors (Lipinski definition) is 6. The number of anilines is 2. The summed E-state index contributed by atoms with van der Waals surface area (Å²) in [6, 6.07) is 5.92. The predicted molar refractivity (Wildman–Crippen MR) is 132 cm³/mol. The number of benzene rings is 1. The predicted octanol–water partition coefficient (Wildman–Crippen LogP) is 5.64. The highest BCUT2D eigenvalue weighted by Crippen LogP contribution is 2.35. The maximum Gasteiger partial charge on any atom is 0.504 e. The van der Waals surface area contributed by atoms with Crippen molar-refractivity contribution in [3.05, 3.63) is 54.0 Å². The van der Waals surface area contributed by atoms with E-state index in [-0.39, 0.29) is 69.3 Å². The van der Waals surface area contributed by atoms with Gasteiger partial charge in [0.15, 0.2) is 0 Å². The summed E-state index contributed by atoms with van der Waals surface area (Å²) in [6.45, 7) is 1.67. The van der Waals surface area contributed by atoms with Crippen LogP contribution in [0.25, 0.3) is 11.1 Å². The maximum atomic E-state index is 14.0. The minimum Gasteiger partial charge on any atom is -0.356 e. The van der Waals surface area contributed by atoms with E-state index in [0.29, 0.717) is 0 Å². The van der Waals surface area contributed by atoms with Crippen LogP contribution in [0.3, 0.4) is 0 Å². The Balaban J connectivity index is 1.79. The van der Waals surface area contributed by atoms with Gasteiger partial charge in [-0.2, -0.15) is 9.78 Å². The Bertz CT molecular complexity index is 1470. The molecule has 1 unspecified atom stereocenters. The molecule has 1 amide bonds. The summed E-state index contributed by atoms with van der Waals surface area (Å²) in [5, 5.41) is 6.01. The summed E-state index contributed by atoms with van der Waals surface area (Å²) in [6.07, 6.45) is -1.02. The van der Waals surface area contributed by atoms with Gasteiger partial charge in [-0.1, -0.05) is 6.07 Å². The van der Waals surface area contributed by atoms with Crippen LogP contribution < -0.4 is 10.2 Å². The normalized spacial score (nSPS) is 17.5. The van der Waals surface area contributed by atoms with Gasteiger partial charge in [0.25, 0.3) is 5.91 Å². The summed E-state index contributed by atoms with van der Waals surface area (Å²) < 4.78 is 87.2. The molecular weight excluding hydrogens is 531 g/mol. The Morgan fingerprint density at radius 3 is 2.58 bits per heavy atom. The smallest absolute Gasteiger partial charge is 0.356 e. The molecule has 0 radical (unpaired) electrons. The molecule has 0 bridgehead atoms. The van der Waals surface area contributed by atoms with E-state index in [4.69, 9.17) is 4.78 Å². The number of nitrogens with zero attached hydrogens (tertiary/aromatic N) is 4. The van der Waals surface area contributed by atoms with E-state index < -0.39 is 34.3 Å². The first kappa shape index (κ1) is 27.5. The van der Waals surface area contributed by atoms with Gasteiger partial charge in [0.2, 0.25) is 5.92 Å². The minimum absolute atomic E-state index is 0.000911. The fourth-order valence-corrected chi connectivity index (χ4v) is 4.97. The zero-order chi connectivity index (χ0) is 27.9. The van der Waals surface area contributed by atoms with Gasteiger partial charge in [-0.3, -0.25) is 4.79 Å². The number of hydrogen-bond donors (Lipinski definition) is 2. The van der Waals surface area contributed by atoms with Crippen molar-refractivity contribution in [3.63, 3.8) is 0 Å². The van der Waals surface area contributed by atoms with Crippen molar-refractivity contribution in [1.29, 1.82) is 4.78 Å². The molecule has 0 aliphatic carbocycles. The molecule has 204 valence electrons. The third-order valence-corrected chi connectivity index (χ3v) is 7.41. The summed E-state index contributed by atoms with van der Waals surface area (Å²) in [4.78, 5) is 19.7. The lowest BCUT2D eigenvalue weighted by Crippen LogP contribution is -2.30. The molecule has 8 nitrogen and oxygen atoms in total. The first-order chi connectivity index (χ1) is 17.7. The minimum atomic E-state index is -4.74. The third kappa shape index (κ3) is 5.95. The number of carbonyl (C=O) groups is 1. The highest BCUT2D eigenvalue weighted by atomic mass is 32.2. The summed E-state index contributed by atoms with van der Waals surface area (Å²) in [7, 11) is -3.07. The molecule has 14 heteroatoms.